The summed E-state index contributed by atoms with van der Waals surface area (Å²) in [6, 6.07) is 14.2. The molecule has 0 aliphatic heterocycles. The van der Waals surface area contributed by atoms with Crippen LogP contribution in [-0.2, 0) is 0 Å². The van der Waals surface area contributed by atoms with Crippen molar-refractivity contribution in [3.63, 3.8) is 0 Å². The Balaban J connectivity index is 2.11. The van der Waals surface area contributed by atoms with Gasteiger partial charge in [-0.05, 0) is 42.0 Å². The van der Waals surface area contributed by atoms with Gasteiger partial charge in [0.1, 0.15) is 5.82 Å². The number of hydrogen-bond acceptors (Lipinski definition) is 2. The number of anilines is 1. The molecule has 0 saturated carbocycles. The summed E-state index contributed by atoms with van der Waals surface area (Å²) in [5.41, 5.74) is 2.91. The molecule has 0 unspecified atom stereocenters. The van der Waals surface area contributed by atoms with Crippen molar-refractivity contribution in [3.05, 3.63) is 59.9 Å². The maximum atomic E-state index is 12.7. The van der Waals surface area contributed by atoms with E-state index in [1.807, 2.05) is 43.3 Å². The molecular weight excluding hydrogens is 227 g/mol. The fourth-order valence-electron chi connectivity index (χ4n) is 1.53. The summed E-state index contributed by atoms with van der Waals surface area (Å²) in [6.45, 7) is 0. The van der Waals surface area contributed by atoms with Crippen molar-refractivity contribution in [2.45, 2.75) is 0 Å². The molecule has 2 aromatic carbocycles. The minimum absolute atomic E-state index is 0.246. The van der Waals surface area contributed by atoms with E-state index in [1.165, 1.54) is 12.1 Å². The van der Waals surface area contributed by atoms with Crippen molar-refractivity contribution < 1.29 is 4.39 Å². The van der Waals surface area contributed by atoms with Crippen LogP contribution in [0.25, 0.3) is 0 Å². The van der Waals surface area contributed by atoms with Crippen LogP contribution in [0.5, 0.6) is 0 Å². The van der Waals surface area contributed by atoms with Gasteiger partial charge in [-0.3, -0.25) is 4.99 Å². The molecule has 0 aliphatic carbocycles. The maximum Gasteiger partial charge on any atom is 0.123 e. The second kappa shape index (κ2) is 5.45. The van der Waals surface area contributed by atoms with E-state index < -0.39 is 0 Å². The Morgan fingerprint density at radius 1 is 0.944 bits per heavy atom. The van der Waals surface area contributed by atoms with Crippen LogP contribution < -0.4 is 4.90 Å². The van der Waals surface area contributed by atoms with Crippen molar-refractivity contribution >= 4 is 17.6 Å². The molecular formula is C15H15FN2. The minimum atomic E-state index is -0.246. The van der Waals surface area contributed by atoms with Gasteiger partial charge in [-0.15, -0.1) is 0 Å². The molecule has 0 heterocycles. The molecule has 0 fully saturated rings. The molecule has 18 heavy (non-hydrogen) atoms. The molecule has 0 spiro atoms. The molecule has 92 valence electrons. The average molecular weight is 242 g/mol. The van der Waals surface area contributed by atoms with Crippen LogP contribution in [0.1, 0.15) is 5.56 Å². The third-order valence-corrected chi connectivity index (χ3v) is 2.60. The Labute approximate surface area is 106 Å². The monoisotopic (exact) mass is 242 g/mol. The normalized spacial score (nSPS) is 10.8. The molecule has 0 saturated heterocycles. The van der Waals surface area contributed by atoms with Crippen LogP contribution in [0.2, 0.25) is 0 Å². The van der Waals surface area contributed by atoms with Crippen molar-refractivity contribution in [2.24, 2.45) is 4.99 Å². The van der Waals surface area contributed by atoms with E-state index in [2.05, 4.69) is 4.99 Å². The molecule has 0 amide bonds. The third-order valence-electron chi connectivity index (χ3n) is 2.60. The Morgan fingerprint density at radius 3 is 2.11 bits per heavy atom. The lowest BCUT2D eigenvalue weighted by atomic mass is 10.2. The largest absolute Gasteiger partial charge is 0.378 e. The molecule has 2 aromatic rings. The highest BCUT2D eigenvalue weighted by molar-refractivity contribution is 5.82. The molecule has 0 bridgehead atoms. The summed E-state index contributed by atoms with van der Waals surface area (Å²) in [6.07, 6.45) is 1.77. The van der Waals surface area contributed by atoms with E-state index in [4.69, 9.17) is 0 Å². The average Bonchev–Trinajstić information content (AvgIpc) is 2.38. The lowest BCUT2D eigenvalue weighted by Crippen LogP contribution is -2.08. The fourth-order valence-corrected chi connectivity index (χ4v) is 1.53. The summed E-state index contributed by atoms with van der Waals surface area (Å²) >= 11 is 0. The quantitative estimate of drug-likeness (QED) is 0.750. The van der Waals surface area contributed by atoms with Crippen molar-refractivity contribution in [1.29, 1.82) is 0 Å². The van der Waals surface area contributed by atoms with Crippen LogP contribution in [0.4, 0.5) is 15.8 Å². The van der Waals surface area contributed by atoms with E-state index >= 15 is 0 Å². The minimum Gasteiger partial charge on any atom is -0.378 e. The summed E-state index contributed by atoms with van der Waals surface area (Å²) in [7, 11) is 4.00. The van der Waals surface area contributed by atoms with Crippen LogP contribution in [-0.4, -0.2) is 20.3 Å². The molecule has 0 aliphatic rings. The van der Waals surface area contributed by atoms with Gasteiger partial charge in [-0.2, -0.15) is 0 Å². The van der Waals surface area contributed by atoms with Gasteiger partial charge >= 0.3 is 0 Å². The topological polar surface area (TPSA) is 15.6 Å². The van der Waals surface area contributed by atoms with Gasteiger partial charge in [0.15, 0.2) is 0 Å². The van der Waals surface area contributed by atoms with Crippen LogP contribution in [0.15, 0.2) is 53.5 Å². The predicted octanol–water partition coefficient (Wildman–Crippen LogP) is 3.64. The Kier molecular flexibility index (Phi) is 3.72. The highest BCUT2D eigenvalue weighted by atomic mass is 19.1. The summed E-state index contributed by atoms with van der Waals surface area (Å²) < 4.78 is 12.7. The first kappa shape index (κ1) is 12.3. The standard InChI is InChI=1S/C15H15FN2/c1-18(2)15-9-3-12(4-10-15)11-17-14-7-5-13(16)6-8-14/h3-11H,1-2H3. The number of aliphatic imine (C=N–C) groups is 1. The first-order chi connectivity index (χ1) is 8.65. The number of nitrogens with zero attached hydrogens (tertiary/aromatic N) is 2. The molecule has 2 rings (SSSR count). The van der Waals surface area contributed by atoms with Crippen molar-refractivity contribution in [1.82, 2.24) is 0 Å². The zero-order valence-corrected chi connectivity index (χ0v) is 10.5. The van der Waals surface area contributed by atoms with Crippen LogP contribution in [0.3, 0.4) is 0 Å². The van der Waals surface area contributed by atoms with Gasteiger partial charge in [-0.1, -0.05) is 12.1 Å². The second-order valence-electron chi connectivity index (χ2n) is 4.22. The predicted molar refractivity (Wildman–Crippen MR) is 74.4 cm³/mol. The van der Waals surface area contributed by atoms with E-state index in [-0.39, 0.29) is 5.82 Å². The first-order valence-electron chi connectivity index (χ1n) is 5.72. The van der Waals surface area contributed by atoms with E-state index in [0.717, 1.165) is 16.9 Å². The van der Waals surface area contributed by atoms with E-state index in [9.17, 15) is 4.39 Å². The number of benzene rings is 2. The van der Waals surface area contributed by atoms with Gasteiger partial charge in [-0.25, -0.2) is 4.39 Å². The smallest absolute Gasteiger partial charge is 0.123 e. The lowest BCUT2D eigenvalue weighted by Gasteiger charge is -2.11. The number of rotatable bonds is 3. The molecule has 0 radical (unpaired) electrons. The SMILES string of the molecule is CN(C)c1ccc(C=Nc2ccc(F)cc2)cc1. The molecule has 0 N–H and O–H groups in total. The van der Waals surface area contributed by atoms with Crippen LogP contribution in [0, 0.1) is 5.82 Å². The fraction of sp³-hybridized carbons (Fsp3) is 0.133. The first-order valence-corrected chi connectivity index (χ1v) is 5.72. The van der Waals surface area contributed by atoms with Crippen molar-refractivity contribution in [3.8, 4) is 0 Å². The number of halogens is 1. The van der Waals surface area contributed by atoms with Gasteiger partial charge in [0.2, 0.25) is 0 Å². The van der Waals surface area contributed by atoms with Gasteiger partial charge < -0.3 is 4.90 Å². The summed E-state index contributed by atoms with van der Waals surface area (Å²) in [5, 5.41) is 0. The number of hydrogen-bond donors (Lipinski definition) is 0. The van der Waals surface area contributed by atoms with E-state index in [0.29, 0.717) is 0 Å². The Bertz CT molecular complexity index is 527. The van der Waals surface area contributed by atoms with Crippen LogP contribution >= 0.6 is 0 Å². The summed E-state index contributed by atoms with van der Waals surface area (Å²) in [4.78, 5) is 6.33. The highest BCUT2D eigenvalue weighted by Crippen LogP contribution is 2.14. The molecule has 0 atom stereocenters. The third kappa shape index (κ3) is 3.17. The zero-order chi connectivity index (χ0) is 13.0. The van der Waals surface area contributed by atoms with Gasteiger partial charge in [0, 0.05) is 26.0 Å². The molecule has 0 aromatic heterocycles. The Morgan fingerprint density at radius 2 is 1.56 bits per heavy atom. The highest BCUT2D eigenvalue weighted by Gasteiger charge is 1.94. The zero-order valence-electron chi connectivity index (χ0n) is 10.5. The van der Waals surface area contributed by atoms with Crippen molar-refractivity contribution in [2.75, 3.05) is 19.0 Å². The lowest BCUT2D eigenvalue weighted by molar-refractivity contribution is 0.628. The van der Waals surface area contributed by atoms with Gasteiger partial charge in [0.25, 0.3) is 0 Å². The van der Waals surface area contributed by atoms with E-state index in [1.54, 1.807) is 18.3 Å². The maximum absolute atomic E-state index is 12.7. The molecule has 3 heteroatoms. The van der Waals surface area contributed by atoms with Gasteiger partial charge in [0.05, 0.1) is 5.69 Å². The summed E-state index contributed by atoms with van der Waals surface area (Å²) in [5.74, 6) is -0.246. The second-order valence-corrected chi connectivity index (χ2v) is 4.22. The molecule has 2 nitrogen and oxygen atoms in total. The Hall–Kier alpha value is -2.16.